The summed E-state index contributed by atoms with van der Waals surface area (Å²) in [4.78, 5) is 26.9. The van der Waals surface area contributed by atoms with E-state index >= 15 is 0 Å². The van der Waals surface area contributed by atoms with Gasteiger partial charge in [-0.15, -0.1) is 16.4 Å². The van der Waals surface area contributed by atoms with Gasteiger partial charge in [0, 0.05) is 4.88 Å². The highest BCUT2D eigenvalue weighted by atomic mass is 32.1. The van der Waals surface area contributed by atoms with Crippen LogP contribution in [0.25, 0.3) is 0 Å². The van der Waals surface area contributed by atoms with Crippen LogP contribution in [-0.4, -0.2) is 21.1 Å². The fourth-order valence-electron chi connectivity index (χ4n) is 2.61. The summed E-state index contributed by atoms with van der Waals surface area (Å²) >= 11 is 1.57. The molecule has 1 atom stereocenters. The Bertz CT molecular complexity index is 865. The van der Waals surface area contributed by atoms with Crippen LogP contribution in [0.4, 0.5) is 0 Å². The number of hydrogen-bond donors (Lipinski definition) is 3. The largest absolute Gasteiger partial charge is 0.341 e. The molecule has 130 valence electrons. The first-order valence-electron chi connectivity index (χ1n) is 8.25. The number of nitrogens with zero attached hydrogens (tertiary/aromatic N) is 1. The number of H-pyrrole nitrogens is 2. The molecule has 0 saturated carbocycles. The number of thiophene rings is 1. The van der Waals surface area contributed by atoms with E-state index in [1.54, 1.807) is 11.3 Å². The van der Waals surface area contributed by atoms with E-state index in [9.17, 15) is 9.59 Å². The molecule has 3 rings (SSSR count). The van der Waals surface area contributed by atoms with Gasteiger partial charge in [0.05, 0.1) is 6.04 Å². The molecular weight excluding hydrogens is 336 g/mol. The third-order valence-corrected chi connectivity index (χ3v) is 4.89. The smallest absolute Gasteiger partial charge is 0.338 e. The molecule has 0 aliphatic carbocycles. The quantitative estimate of drug-likeness (QED) is 0.608. The molecule has 0 fully saturated rings. The van der Waals surface area contributed by atoms with Crippen molar-refractivity contribution in [2.45, 2.75) is 32.2 Å². The summed E-state index contributed by atoms with van der Waals surface area (Å²) in [5.74, 6) is -0.446. The van der Waals surface area contributed by atoms with Crippen molar-refractivity contribution in [1.82, 2.24) is 20.5 Å². The van der Waals surface area contributed by atoms with Crippen LogP contribution in [0, 0.1) is 0 Å². The molecule has 3 aromatic rings. The van der Waals surface area contributed by atoms with Crippen LogP contribution in [0.5, 0.6) is 0 Å². The Morgan fingerprint density at radius 2 is 2.08 bits per heavy atom. The van der Waals surface area contributed by atoms with Gasteiger partial charge in [-0.2, -0.15) is 0 Å². The average molecular weight is 356 g/mol. The lowest BCUT2D eigenvalue weighted by Crippen LogP contribution is -2.30. The number of rotatable bonds is 7. The van der Waals surface area contributed by atoms with E-state index in [1.165, 1.54) is 5.56 Å². The number of amides is 1. The van der Waals surface area contributed by atoms with Crippen LogP contribution in [0.2, 0.25) is 0 Å². The third-order valence-electron chi connectivity index (χ3n) is 3.95. The Kier molecular flexibility index (Phi) is 5.45. The van der Waals surface area contributed by atoms with Crippen LogP contribution < -0.4 is 11.0 Å². The van der Waals surface area contributed by atoms with Crippen LogP contribution in [0.15, 0.2) is 46.6 Å². The molecule has 0 radical (unpaired) electrons. The lowest BCUT2D eigenvalue weighted by molar-refractivity contribution is 0.0933. The number of aromatic amines is 2. The summed E-state index contributed by atoms with van der Waals surface area (Å²) in [6.45, 7) is 2.18. The van der Waals surface area contributed by atoms with E-state index in [2.05, 4.69) is 39.6 Å². The molecule has 25 heavy (non-hydrogen) atoms. The second-order valence-electron chi connectivity index (χ2n) is 5.79. The molecule has 1 amide bonds. The Hall–Kier alpha value is -2.67. The molecule has 6 nitrogen and oxygen atoms in total. The van der Waals surface area contributed by atoms with Crippen molar-refractivity contribution in [2.75, 3.05) is 0 Å². The summed E-state index contributed by atoms with van der Waals surface area (Å²) in [5, 5.41) is 10.8. The van der Waals surface area contributed by atoms with Crippen LogP contribution >= 0.6 is 11.3 Å². The number of benzene rings is 1. The number of carbonyl (C=O) groups excluding carboxylic acids is 1. The van der Waals surface area contributed by atoms with E-state index in [0.29, 0.717) is 0 Å². The molecule has 0 saturated heterocycles. The molecule has 0 spiro atoms. The van der Waals surface area contributed by atoms with Gasteiger partial charge >= 0.3 is 5.69 Å². The van der Waals surface area contributed by atoms with E-state index in [-0.39, 0.29) is 11.9 Å². The van der Waals surface area contributed by atoms with Crippen LogP contribution in [-0.2, 0) is 6.42 Å². The lowest BCUT2D eigenvalue weighted by Gasteiger charge is -2.18. The Morgan fingerprint density at radius 1 is 1.28 bits per heavy atom. The van der Waals surface area contributed by atoms with Gasteiger partial charge in [-0.25, -0.2) is 9.89 Å². The zero-order valence-corrected chi connectivity index (χ0v) is 14.7. The Morgan fingerprint density at radius 3 is 2.68 bits per heavy atom. The number of aromatic nitrogens is 3. The van der Waals surface area contributed by atoms with Gasteiger partial charge < -0.3 is 5.32 Å². The van der Waals surface area contributed by atoms with Crippen molar-refractivity contribution >= 4 is 17.2 Å². The van der Waals surface area contributed by atoms with Crippen molar-refractivity contribution in [1.29, 1.82) is 0 Å². The van der Waals surface area contributed by atoms with Gasteiger partial charge in [-0.05, 0) is 35.4 Å². The average Bonchev–Trinajstić information content (AvgIpc) is 3.30. The minimum Gasteiger partial charge on any atom is -0.338 e. The van der Waals surface area contributed by atoms with E-state index < -0.39 is 11.6 Å². The number of unbranched alkanes of at least 4 members (excludes halogenated alkanes) is 1. The maximum Gasteiger partial charge on any atom is 0.341 e. The van der Waals surface area contributed by atoms with Gasteiger partial charge in [0.2, 0.25) is 5.82 Å². The predicted molar refractivity (Wildman–Crippen MR) is 97.9 cm³/mol. The fraction of sp³-hybridized carbons (Fsp3) is 0.278. The third kappa shape index (κ3) is 4.24. The second-order valence-corrected chi connectivity index (χ2v) is 6.77. The summed E-state index contributed by atoms with van der Waals surface area (Å²) in [6.07, 6.45) is 3.38. The Balaban J connectivity index is 1.83. The second kappa shape index (κ2) is 7.94. The minimum atomic E-state index is -0.502. The van der Waals surface area contributed by atoms with Crippen molar-refractivity contribution in [3.05, 3.63) is 74.1 Å². The topological polar surface area (TPSA) is 90.6 Å². The van der Waals surface area contributed by atoms with Crippen LogP contribution in [0.3, 0.4) is 0 Å². The molecule has 2 heterocycles. The monoisotopic (exact) mass is 356 g/mol. The molecular formula is C18H20N4O2S. The number of aryl methyl sites for hydroxylation is 1. The highest BCUT2D eigenvalue weighted by Gasteiger charge is 2.20. The first kappa shape index (κ1) is 17.2. The molecule has 1 unspecified atom stereocenters. The van der Waals surface area contributed by atoms with Gasteiger partial charge in [0.15, 0.2) is 0 Å². The fourth-order valence-corrected chi connectivity index (χ4v) is 3.41. The summed E-state index contributed by atoms with van der Waals surface area (Å²) in [6, 6.07) is 11.9. The van der Waals surface area contributed by atoms with Gasteiger partial charge in [0.1, 0.15) is 0 Å². The molecule has 7 heteroatoms. The normalized spacial score (nSPS) is 12.0. The predicted octanol–water partition coefficient (Wildman–Crippen LogP) is 3.02. The van der Waals surface area contributed by atoms with E-state index in [1.807, 2.05) is 29.6 Å². The van der Waals surface area contributed by atoms with Gasteiger partial charge in [-0.3, -0.25) is 9.78 Å². The van der Waals surface area contributed by atoms with Gasteiger partial charge in [-0.1, -0.05) is 43.7 Å². The summed E-state index contributed by atoms with van der Waals surface area (Å²) < 4.78 is 0. The first-order chi connectivity index (χ1) is 12.2. The van der Waals surface area contributed by atoms with Crippen molar-refractivity contribution in [2.24, 2.45) is 0 Å². The maximum atomic E-state index is 12.4. The standard InChI is InChI=1S/C18H20N4O2S/c1-2-3-5-12-7-9-13(10-8-12)15(14-6-4-11-25-14)19-17(23)16-20-18(24)22-21-16/h4,6-11,15H,2-3,5H2,1H3,(H,19,23)(H2,20,21,22,24). The van der Waals surface area contributed by atoms with Crippen molar-refractivity contribution in [3.8, 4) is 0 Å². The van der Waals surface area contributed by atoms with Gasteiger partial charge in [0.25, 0.3) is 5.91 Å². The Labute approximate surface area is 149 Å². The maximum absolute atomic E-state index is 12.4. The summed E-state index contributed by atoms with van der Waals surface area (Å²) in [5.41, 5.74) is 1.78. The minimum absolute atomic E-state index is 0.0221. The SMILES string of the molecule is CCCCc1ccc(C(NC(=O)c2n[nH]c(=O)[nH]2)c2cccs2)cc1. The van der Waals surface area contributed by atoms with Crippen LogP contribution in [0.1, 0.15) is 52.4 Å². The molecule has 0 aliphatic heterocycles. The highest BCUT2D eigenvalue weighted by molar-refractivity contribution is 7.10. The highest BCUT2D eigenvalue weighted by Crippen LogP contribution is 2.26. The molecule has 2 aromatic heterocycles. The molecule has 1 aromatic carbocycles. The van der Waals surface area contributed by atoms with Crippen molar-refractivity contribution < 1.29 is 4.79 Å². The van der Waals surface area contributed by atoms with Crippen molar-refractivity contribution in [3.63, 3.8) is 0 Å². The zero-order valence-electron chi connectivity index (χ0n) is 13.9. The molecule has 0 aliphatic rings. The first-order valence-corrected chi connectivity index (χ1v) is 9.13. The van der Waals surface area contributed by atoms with E-state index in [0.717, 1.165) is 29.7 Å². The molecule has 0 bridgehead atoms. The summed E-state index contributed by atoms with van der Waals surface area (Å²) in [7, 11) is 0. The zero-order chi connectivity index (χ0) is 17.6. The lowest BCUT2D eigenvalue weighted by atomic mass is 10.0. The number of nitrogens with one attached hydrogen (secondary N) is 3. The molecule has 3 N–H and O–H groups in total. The number of hydrogen-bond acceptors (Lipinski definition) is 4. The number of carbonyl (C=O) groups is 1. The van der Waals surface area contributed by atoms with E-state index in [4.69, 9.17) is 0 Å².